The maximum absolute atomic E-state index is 13.5. The molecule has 0 aliphatic rings. The topological polar surface area (TPSA) is 9.23 Å². The van der Waals surface area contributed by atoms with Crippen LogP contribution in [0, 0.1) is 0 Å². The van der Waals surface area contributed by atoms with Crippen LogP contribution in [0.1, 0.15) is 0 Å². The second kappa shape index (κ2) is 3.27. The number of halogens is 1. The van der Waals surface area contributed by atoms with Crippen molar-refractivity contribution in [3.63, 3.8) is 0 Å². The van der Waals surface area contributed by atoms with Crippen molar-refractivity contribution in [3.05, 3.63) is 24.3 Å². The second-order valence-electron chi connectivity index (χ2n) is 3.20. The van der Waals surface area contributed by atoms with Crippen molar-refractivity contribution in [2.45, 2.75) is 13.1 Å². The first kappa shape index (κ1) is 9.26. The molecule has 0 N–H and O–H groups in total. The molecule has 0 saturated heterocycles. The maximum Gasteiger partial charge on any atom is 0.271 e. The van der Waals surface area contributed by atoms with Gasteiger partial charge < -0.3 is 8.84 Å². The van der Waals surface area contributed by atoms with E-state index >= 15 is 0 Å². The number of benzene rings is 1. The molecule has 0 saturated carbocycles. The van der Waals surface area contributed by atoms with Gasteiger partial charge in [-0.1, -0.05) is 12.1 Å². The fourth-order valence-electron chi connectivity index (χ4n) is 0.987. The van der Waals surface area contributed by atoms with E-state index in [4.69, 9.17) is 4.74 Å². The van der Waals surface area contributed by atoms with Crippen LogP contribution in [-0.4, -0.2) is 15.5 Å². The highest BCUT2D eigenvalue weighted by atomic mass is 28.4. The third kappa shape index (κ3) is 2.07. The first-order valence-corrected chi connectivity index (χ1v) is 6.75. The Morgan fingerprint density at radius 1 is 1.17 bits per heavy atom. The molecule has 1 aromatic rings. The van der Waals surface area contributed by atoms with Crippen LogP contribution < -0.4 is 9.92 Å². The highest BCUT2D eigenvalue weighted by molar-refractivity contribution is 6.83. The summed E-state index contributed by atoms with van der Waals surface area (Å²) in [6, 6.07) is 7.18. The smallest absolute Gasteiger partial charge is 0.271 e. The number of ether oxygens (including phenoxy) is 1. The molecule has 1 nitrogen and oxygen atoms in total. The van der Waals surface area contributed by atoms with E-state index in [-0.39, 0.29) is 0 Å². The van der Waals surface area contributed by atoms with Gasteiger partial charge in [-0.3, -0.25) is 0 Å². The SMILES string of the molecule is COc1ccc([Si](C)(C)F)cc1. The molecule has 0 aromatic heterocycles. The summed E-state index contributed by atoms with van der Waals surface area (Å²) in [4.78, 5) is 0. The highest BCUT2D eigenvalue weighted by Gasteiger charge is 2.22. The Bertz CT molecular complexity index is 250. The third-order valence-corrected chi connectivity index (χ3v) is 3.48. The van der Waals surface area contributed by atoms with Crippen molar-refractivity contribution in [2.75, 3.05) is 7.11 Å². The molecule has 0 heterocycles. The zero-order valence-corrected chi connectivity index (χ0v) is 8.60. The molecule has 0 amide bonds. The first-order valence-electron chi connectivity index (χ1n) is 3.87. The Labute approximate surface area is 73.4 Å². The number of hydrogen-bond donors (Lipinski definition) is 0. The van der Waals surface area contributed by atoms with Gasteiger partial charge in [-0.15, -0.1) is 0 Å². The summed E-state index contributed by atoms with van der Waals surface area (Å²) in [7, 11) is -1.02. The van der Waals surface area contributed by atoms with Crippen LogP contribution in [0.5, 0.6) is 5.75 Å². The highest BCUT2D eigenvalue weighted by Crippen LogP contribution is 2.10. The van der Waals surface area contributed by atoms with Crippen LogP contribution in [0.15, 0.2) is 24.3 Å². The summed E-state index contributed by atoms with van der Waals surface area (Å²) >= 11 is 0. The molecular weight excluding hydrogens is 171 g/mol. The molecule has 0 spiro atoms. The fourth-order valence-corrected chi connectivity index (χ4v) is 1.95. The van der Waals surface area contributed by atoms with E-state index in [1.807, 2.05) is 0 Å². The summed E-state index contributed by atoms with van der Waals surface area (Å²) in [5.41, 5.74) is 0. The molecule has 0 fully saturated rings. The predicted molar refractivity (Wildman–Crippen MR) is 51.2 cm³/mol. The van der Waals surface area contributed by atoms with Gasteiger partial charge in [0.2, 0.25) is 0 Å². The Kier molecular flexibility index (Phi) is 2.52. The minimum absolute atomic E-state index is 0.775. The van der Waals surface area contributed by atoms with Crippen LogP contribution in [0.4, 0.5) is 4.11 Å². The number of rotatable bonds is 2. The molecule has 3 heteroatoms. The van der Waals surface area contributed by atoms with Crippen LogP contribution in [0.3, 0.4) is 0 Å². The van der Waals surface area contributed by atoms with E-state index in [2.05, 4.69) is 0 Å². The van der Waals surface area contributed by atoms with Gasteiger partial charge >= 0.3 is 0 Å². The van der Waals surface area contributed by atoms with Gasteiger partial charge in [0.05, 0.1) is 7.11 Å². The molecule has 0 unspecified atom stereocenters. The van der Waals surface area contributed by atoms with Gasteiger partial charge in [0.15, 0.2) is 0 Å². The van der Waals surface area contributed by atoms with E-state index in [0.717, 1.165) is 10.9 Å². The molecule has 0 atom stereocenters. The summed E-state index contributed by atoms with van der Waals surface area (Å²) < 4.78 is 18.4. The minimum Gasteiger partial charge on any atom is -0.497 e. The van der Waals surface area contributed by atoms with Crippen molar-refractivity contribution in [1.82, 2.24) is 0 Å². The summed E-state index contributed by atoms with van der Waals surface area (Å²) in [6.45, 7) is 3.35. The van der Waals surface area contributed by atoms with Gasteiger partial charge in [-0.05, 0) is 30.4 Å². The van der Waals surface area contributed by atoms with Crippen molar-refractivity contribution in [3.8, 4) is 5.75 Å². The quantitative estimate of drug-likeness (QED) is 0.505. The van der Waals surface area contributed by atoms with Gasteiger partial charge in [0, 0.05) is 0 Å². The average Bonchev–Trinajstić information content (AvgIpc) is 2.03. The monoisotopic (exact) mass is 184 g/mol. The van der Waals surface area contributed by atoms with Crippen LogP contribution in [-0.2, 0) is 0 Å². The number of hydrogen-bond acceptors (Lipinski definition) is 1. The van der Waals surface area contributed by atoms with Gasteiger partial charge in [-0.25, -0.2) is 0 Å². The lowest BCUT2D eigenvalue weighted by molar-refractivity contribution is 0.415. The Morgan fingerprint density at radius 3 is 2.00 bits per heavy atom. The van der Waals surface area contributed by atoms with Crippen molar-refractivity contribution in [2.24, 2.45) is 0 Å². The number of methoxy groups -OCH3 is 1. The fraction of sp³-hybridized carbons (Fsp3) is 0.333. The molecule has 0 bridgehead atoms. The predicted octanol–water partition coefficient (Wildman–Crippen LogP) is 2.08. The average molecular weight is 184 g/mol. The van der Waals surface area contributed by atoms with E-state index in [1.165, 1.54) is 0 Å². The van der Waals surface area contributed by atoms with Crippen LogP contribution in [0.2, 0.25) is 13.1 Å². The second-order valence-corrected chi connectivity index (χ2v) is 6.72. The Hall–Kier alpha value is -0.833. The lowest BCUT2D eigenvalue weighted by atomic mass is 10.3. The zero-order valence-electron chi connectivity index (χ0n) is 7.60. The molecule has 12 heavy (non-hydrogen) atoms. The summed E-state index contributed by atoms with van der Waals surface area (Å²) in [6.07, 6.45) is 0. The molecule has 1 aromatic carbocycles. The van der Waals surface area contributed by atoms with Crippen molar-refractivity contribution < 1.29 is 8.84 Å². The minimum atomic E-state index is -2.62. The zero-order chi connectivity index (χ0) is 9.19. The largest absolute Gasteiger partial charge is 0.497 e. The molecule has 0 aliphatic heterocycles. The summed E-state index contributed by atoms with van der Waals surface area (Å²) in [5.74, 6) is 0.775. The van der Waals surface area contributed by atoms with Crippen molar-refractivity contribution >= 4 is 13.6 Å². The van der Waals surface area contributed by atoms with E-state index in [9.17, 15) is 4.11 Å². The molecule has 66 valence electrons. The van der Waals surface area contributed by atoms with Gasteiger partial charge in [0.1, 0.15) is 5.75 Å². The third-order valence-electron chi connectivity index (χ3n) is 1.78. The van der Waals surface area contributed by atoms with Gasteiger partial charge in [0.25, 0.3) is 8.41 Å². The lowest BCUT2D eigenvalue weighted by Crippen LogP contribution is -2.35. The van der Waals surface area contributed by atoms with Crippen LogP contribution >= 0.6 is 0 Å². The van der Waals surface area contributed by atoms with Crippen molar-refractivity contribution in [1.29, 1.82) is 0 Å². The van der Waals surface area contributed by atoms with E-state index < -0.39 is 8.41 Å². The lowest BCUT2D eigenvalue weighted by Gasteiger charge is -2.11. The molecule has 1 rings (SSSR count). The van der Waals surface area contributed by atoms with Crippen LogP contribution in [0.25, 0.3) is 0 Å². The Morgan fingerprint density at radius 2 is 1.67 bits per heavy atom. The maximum atomic E-state index is 13.5. The van der Waals surface area contributed by atoms with E-state index in [1.54, 1.807) is 44.5 Å². The Balaban J connectivity index is 2.93. The van der Waals surface area contributed by atoms with Gasteiger partial charge in [-0.2, -0.15) is 0 Å². The normalized spacial score (nSPS) is 11.3. The first-order chi connectivity index (χ1) is 5.54. The molecule has 0 radical (unpaired) electrons. The molecule has 0 aliphatic carbocycles. The van der Waals surface area contributed by atoms with E-state index in [0.29, 0.717) is 0 Å². The molecular formula is C9H13FOSi. The summed E-state index contributed by atoms with van der Waals surface area (Å²) in [5, 5.41) is 0.809. The standard InChI is InChI=1S/C9H13FOSi/c1-11-8-4-6-9(7-5-8)12(2,3)10/h4-7H,1-3H3.